The number of amides is 1. The van der Waals surface area contributed by atoms with Crippen LogP contribution in [0.25, 0.3) is 0 Å². The summed E-state index contributed by atoms with van der Waals surface area (Å²) in [6.07, 6.45) is 3.55. The van der Waals surface area contributed by atoms with E-state index < -0.39 is 11.9 Å². The zero-order chi connectivity index (χ0) is 20.3. The molecule has 2 fully saturated rings. The lowest BCUT2D eigenvalue weighted by atomic mass is 9.84. The summed E-state index contributed by atoms with van der Waals surface area (Å²) >= 11 is 7.74. The Morgan fingerprint density at radius 1 is 1.25 bits per heavy atom. The Morgan fingerprint density at radius 2 is 1.93 bits per heavy atom. The first kappa shape index (κ1) is 21.5. The number of nitrogens with one attached hydrogen (secondary N) is 1. The zero-order valence-corrected chi connectivity index (χ0v) is 18.0. The molecule has 1 aliphatic heterocycles. The van der Waals surface area contributed by atoms with Crippen LogP contribution < -0.4 is 4.72 Å². The first-order chi connectivity index (χ1) is 13.4. The molecule has 2 aliphatic rings. The van der Waals surface area contributed by atoms with Crippen molar-refractivity contribution in [2.75, 3.05) is 6.54 Å². The molecule has 0 aromatic heterocycles. The molecule has 0 radical (unpaired) electrons. The second-order valence-corrected chi connectivity index (χ2v) is 10.0. The number of piperidine rings is 1. The van der Waals surface area contributed by atoms with Crippen molar-refractivity contribution in [2.45, 2.75) is 63.3 Å². The number of aliphatic carboxylic acids is 1. The second-order valence-electron chi connectivity index (χ2n) is 8.10. The van der Waals surface area contributed by atoms with E-state index >= 15 is 0 Å². The van der Waals surface area contributed by atoms with E-state index in [-0.39, 0.29) is 24.4 Å². The first-order valence-corrected chi connectivity index (χ1v) is 11.3. The predicted octanol–water partition coefficient (Wildman–Crippen LogP) is 4.52. The van der Waals surface area contributed by atoms with Crippen molar-refractivity contribution in [3.8, 4) is 0 Å². The maximum absolute atomic E-state index is 13.4. The number of carbonyl (C=O) groups excluding carboxylic acids is 1. The van der Waals surface area contributed by atoms with Gasteiger partial charge in [0.2, 0.25) is 5.91 Å². The van der Waals surface area contributed by atoms with Crippen LogP contribution in [0, 0.1) is 11.8 Å². The molecule has 0 spiro atoms. The molecule has 1 aromatic rings. The van der Waals surface area contributed by atoms with Crippen LogP contribution in [-0.2, 0) is 9.59 Å². The van der Waals surface area contributed by atoms with Crippen molar-refractivity contribution >= 4 is 35.4 Å². The average Bonchev–Trinajstić information content (AvgIpc) is 3.46. The molecule has 0 bridgehead atoms. The molecule has 1 amide bonds. The molecule has 3 unspecified atom stereocenters. The van der Waals surface area contributed by atoms with Gasteiger partial charge in [0.25, 0.3) is 0 Å². The molecule has 28 heavy (non-hydrogen) atoms. The van der Waals surface area contributed by atoms with Crippen molar-refractivity contribution in [3.05, 3.63) is 34.9 Å². The third-order valence-corrected chi connectivity index (χ3v) is 6.60. The lowest BCUT2D eigenvalue weighted by molar-refractivity contribution is -0.151. The minimum Gasteiger partial charge on any atom is -0.481 e. The van der Waals surface area contributed by atoms with Crippen LogP contribution in [0.1, 0.15) is 57.6 Å². The highest BCUT2D eigenvalue weighted by Gasteiger charge is 2.45. The lowest BCUT2D eigenvalue weighted by Gasteiger charge is -2.44. The van der Waals surface area contributed by atoms with E-state index in [1.807, 2.05) is 29.2 Å². The van der Waals surface area contributed by atoms with Crippen molar-refractivity contribution in [2.24, 2.45) is 11.8 Å². The summed E-state index contributed by atoms with van der Waals surface area (Å²) in [6.45, 7) is 4.99. The van der Waals surface area contributed by atoms with Gasteiger partial charge in [-0.3, -0.25) is 14.3 Å². The molecule has 1 heterocycles. The highest BCUT2D eigenvalue weighted by atomic mass is 35.5. The maximum atomic E-state index is 13.4. The smallest absolute Gasteiger partial charge is 0.304 e. The largest absolute Gasteiger partial charge is 0.481 e. The fraction of sp³-hybridized carbons (Fsp3) is 0.619. The van der Waals surface area contributed by atoms with Crippen LogP contribution in [0.2, 0.25) is 5.02 Å². The number of hydrogen-bond donors (Lipinski definition) is 2. The first-order valence-electron chi connectivity index (χ1n) is 10.0. The predicted molar refractivity (Wildman–Crippen MR) is 113 cm³/mol. The summed E-state index contributed by atoms with van der Waals surface area (Å²) in [5, 5.41) is 10.4. The van der Waals surface area contributed by atoms with E-state index in [0.717, 1.165) is 31.4 Å². The molecule has 1 saturated heterocycles. The monoisotopic (exact) mass is 424 g/mol. The molecule has 2 N–H and O–H groups in total. The summed E-state index contributed by atoms with van der Waals surface area (Å²) in [6, 6.07) is 7.78. The molecular formula is C21H29ClN2O3S. The molecule has 154 valence electrons. The van der Waals surface area contributed by atoms with Crippen molar-refractivity contribution < 1.29 is 14.7 Å². The fourth-order valence-electron chi connectivity index (χ4n) is 4.07. The Kier molecular flexibility index (Phi) is 7.29. The maximum Gasteiger partial charge on any atom is 0.304 e. The van der Waals surface area contributed by atoms with Gasteiger partial charge in [-0.2, -0.15) is 0 Å². The number of carboxylic acids is 1. The van der Waals surface area contributed by atoms with E-state index in [2.05, 4.69) is 18.6 Å². The van der Waals surface area contributed by atoms with Gasteiger partial charge in [-0.15, -0.1) is 0 Å². The van der Waals surface area contributed by atoms with E-state index in [9.17, 15) is 14.7 Å². The van der Waals surface area contributed by atoms with Crippen LogP contribution in [0.15, 0.2) is 24.3 Å². The third kappa shape index (κ3) is 5.43. The van der Waals surface area contributed by atoms with Crippen molar-refractivity contribution in [3.63, 3.8) is 0 Å². The molecule has 7 heteroatoms. The van der Waals surface area contributed by atoms with Crippen LogP contribution in [0.3, 0.4) is 0 Å². The van der Waals surface area contributed by atoms with E-state index in [4.69, 9.17) is 11.6 Å². The van der Waals surface area contributed by atoms with Crippen LogP contribution in [-0.4, -0.2) is 39.7 Å². The number of benzene rings is 1. The minimum atomic E-state index is -0.903. The van der Waals surface area contributed by atoms with Crippen molar-refractivity contribution in [1.82, 2.24) is 9.62 Å². The number of likely N-dealkylation sites (tertiary alicyclic amines) is 1. The zero-order valence-electron chi connectivity index (χ0n) is 16.4. The Morgan fingerprint density at radius 3 is 2.50 bits per heavy atom. The molecule has 5 nitrogen and oxygen atoms in total. The number of halogens is 1. The van der Waals surface area contributed by atoms with E-state index in [1.54, 1.807) is 11.9 Å². The SMILES string of the molecule is CC(C)SNCC(C1CC1)N1C(=O)C(CC(=O)O)CCC1c1ccc(Cl)cc1. The van der Waals surface area contributed by atoms with Gasteiger partial charge in [-0.1, -0.05) is 49.5 Å². The highest BCUT2D eigenvalue weighted by molar-refractivity contribution is 7.97. The van der Waals surface area contributed by atoms with Gasteiger partial charge >= 0.3 is 5.97 Å². The van der Waals surface area contributed by atoms with Gasteiger partial charge < -0.3 is 10.0 Å². The highest BCUT2D eigenvalue weighted by Crippen LogP contribution is 2.43. The number of nitrogens with zero attached hydrogens (tertiary/aromatic N) is 1. The number of rotatable bonds is 9. The fourth-order valence-corrected chi connectivity index (χ4v) is 4.79. The molecule has 3 rings (SSSR count). The Bertz CT molecular complexity index is 693. The minimum absolute atomic E-state index is 0.0122. The normalized spacial score (nSPS) is 23.9. The van der Waals surface area contributed by atoms with Gasteiger partial charge in [0.05, 0.1) is 12.5 Å². The summed E-state index contributed by atoms with van der Waals surface area (Å²) in [5.74, 6) is -0.857. The van der Waals surface area contributed by atoms with Gasteiger partial charge in [0.15, 0.2) is 0 Å². The third-order valence-electron chi connectivity index (χ3n) is 5.54. The van der Waals surface area contributed by atoms with Gasteiger partial charge in [0, 0.05) is 28.8 Å². The molecule has 3 atom stereocenters. The molecule has 1 aromatic carbocycles. The number of carbonyl (C=O) groups is 2. The second kappa shape index (κ2) is 9.51. The summed E-state index contributed by atoms with van der Waals surface area (Å²) in [7, 11) is 0. The van der Waals surface area contributed by atoms with Crippen LogP contribution in [0.5, 0.6) is 0 Å². The van der Waals surface area contributed by atoms with Crippen molar-refractivity contribution in [1.29, 1.82) is 0 Å². The number of hydrogen-bond acceptors (Lipinski definition) is 4. The standard InChI is InChI=1S/C21H29ClN2O3S/c1-13(2)28-23-12-19(15-3-4-15)24-18(14-5-8-17(22)9-6-14)10-7-16(21(24)27)11-20(25)26/h5-6,8-9,13,15-16,18-19,23H,3-4,7,10-12H2,1-2H3,(H,25,26). The van der Waals surface area contributed by atoms with Gasteiger partial charge in [0.1, 0.15) is 0 Å². The number of carboxylic acid groups (broad SMARTS) is 1. The molecular weight excluding hydrogens is 396 g/mol. The van der Waals surface area contributed by atoms with Gasteiger partial charge in [-0.25, -0.2) is 0 Å². The quantitative estimate of drug-likeness (QED) is 0.570. The topological polar surface area (TPSA) is 69.6 Å². The van der Waals surface area contributed by atoms with Crippen LogP contribution >= 0.6 is 23.5 Å². The van der Waals surface area contributed by atoms with E-state index in [1.165, 1.54) is 0 Å². The molecule has 1 saturated carbocycles. The summed E-state index contributed by atoms with van der Waals surface area (Å²) in [4.78, 5) is 26.7. The Hall–Kier alpha value is -1.24. The Labute approximate surface area is 176 Å². The Balaban J connectivity index is 1.86. The van der Waals surface area contributed by atoms with E-state index in [0.29, 0.717) is 22.6 Å². The average molecular weight is 425 g/mol. The lowest BCUT2D eigenvalue weighted by Crippen LogP contribution is -2.53. The summed E-state index contributed by atoms with van der Waals surface area (Å²) in [5.41, 5.74) is 1.08. The summed E-state index contributed by atoms with van der Waals surface area (Å²) < 4.78 is 3.45. The molecule has 1 aliphatic carbocycles. The van der Waals surface area contributed by atoms with Gasteiger partial charge in [-0.05, 0) is 49.3 Å². The van der Waals surface area contributed by atoms with Crippen LogP contribution in [0.4, 0.5) is 0 Å².